The van der Waals surface area contributed by atoms with Crippen molar-refractivity contribution in [1.82, 2.24) is 15.0 Å². The number of unbranched alkanes of at least 4 members (excludes halogenated alkanes) is 1. The van der Waals surface area contributed by atoms with Gasteiger partial charge in [-0.1, -0.05) is 72.8 Å². The molecule has 2 N–H and O–H groups in total. The molecule has 8 heteroatoms. The lowest BCUT2D eigenvalue weighted by atomic mass is 10.1. The molecular weight excluding hydrogens is 498 g/mol. The van der Waals surface area contributed by atoms with Crippen LogP contribution in [0.15, 0.2) is 108 Å². The third kappa shape index (κ3) is 8.26. The number of carbonyl (C=O) groups excluding carboxylic acids is 1. The second-order valence-corrected chi connectivity index (χ2v) is 10.5. The molecule has 0 saturated carbocycles. The fraction of sp³-hybridized carbons (Fsp3) is 0.200. The first kappa shape index (κ1) is 27.0. The number of carbonyl (C=O) groups is 1. The summed E-state index contributed by atoms with van der Waals surface area (Å²) < 4.78 is 34.5. The van der Waals surface area contributed by atoms with Crippen LogP contribution in [-0.4, -0.2) is 31.9 Å². The molecule has 4 aromatic rings. The number of pyridine rings is 1. The van der Waals surface area contributed by atoms with Gasteiger partial charge in [-0.25, -0.2) is 13.4 Å². The molecule has 3 aromatic carbocycles. The number of aromatic nitrogens is 1. The summed E-state index contributed by atoms with van der Waals surface area (Å²) in [5, 5.41) is 2.89. The molecule has 0 spiro atoms. The van der Waals surface area contributed by atoms with Gasteiger partial charge in [0.25, 0.3) is 0 Å². The number of hydrogen-bond donors (Lipinski definition) is 2. The molecule has 1 radical (unpaired) electrons. The Bertz CT molecular complexity index is 1380. The number of para-hydroxylation sites is 1. The highest BCUT2D eigenvalue weighted by atomic mass is 32.2. The molecule has 38 heavy (non-hydrogen) atoms. The smallest absolute Gasteiger partial charge is 0.242 e. The number of hydrogen-bond acceptors (Lipinski definition) is 5. The highest BCUT2D eigenvalue weighted by Gasteiger charge is 2.26. The SMILES string of the molecule is O=C(NCCCCc1ccccc1)[C@H](Cc1cc[c]cc1)NS(=O)(=O)c1ccc(Oc2ccccc2)nc1. The molecule has 0 aliphatic rings. The molecule has 1 aromatic heterocycles. The maximum absolute atomic E-state index is 13.2. The van der Waals surface area contributed by atoms with E-state index >= 15 is 0 Å². The second-order valence-electron chi connectivity index (χ2n) is 8.77. The number of benzene rings is 3. The van der Waals surface area contributed by atoms with E-state index in [0.29, 0.717) is 12.3 Å². The van der Waals surface area contributed by atoms with Crippen LogP contribution < -0.4 is 14.8 Å². The number of nitrogens with zero attached hydrogens (tertiary/aromatic N) is 1. The molecule has 7 nitrogen and oxygen atoms in total. The van der Waals surface area contributed by atoms with Crippen LogP contribution in [0.25, 0.3) is 0 Å². The molecule has 0 aliphatic heterocycles. The Hall–Kier alpha value is -4.01. The van der Waals surface area contributed by atoms with Gasteiger partial charge < -0.3 is 10.1 Å². The standard InChI is InChI=1S/C30H30N3O4S/c34-30(31-21-11-10-14-24-12-4-1-5-13-24)28(22-25-15-6-2-7-16-25)33-38(35,36)27-19-20-29(32-23-27)37-26-17-8-3-9-18-26/h1,3-9,12-13,15-20,23,28,33H,10-11,14,21-22H2,(H,31,34)/t28-/m0/s1. The fourth-order valence-corrected chi connectivity index (χ4v) is 5.01. The normalized spacial score (nSPS) is 12.0. The van der Waals surface area contributed by atoms with Crippen molar-refractivity contribution < 1.29 is 17.9 Å². The van der Waals surface area contributed by atoms with Gasteiger partial charge in [0.1, 0.15) is 16.7 Å². The summed E-state index contributed by atoms with van der Waals surface area (Å²) >= 11 is 0. The number of ether oxygens (including phenoxy) is 1. The summed E-state index contributed by atoms with van der Waals surface area (Å²) in [4.78, 5) is 17.1. The van der Waals surface area contributed by atoms with E-state index in [1.54, 1.807) is 24.3 Å². The van der Waals surface area contributed by atoms with Gasteiger partial charge >= 0.3 is 0 Å². The Labute approximate surface area is 224 Å². The lowest BCUT2D eigenvalue weighted by Gasteiger charge is -2.19. The first-order valence-electron chi connectivity index (χ1n) is 12.5. The van der Waals surface area contributed by atoms with Crippen molar-refractivity contribution >= 4 is 15.9 Å². The van der Waals surface area contributed by atoms with Gasteiger partial charge in [0.05, 0.1) is 6.20 Å². The summed E-state index contributed by atoms with van der Waals surface area (Å²) in [5.41, 5.74) is 2.07. The predicted octanol–water partition coefficient (Wildman–Crippen LogP) is 4.70. The largest absolute Gasteiger partial charge is 0.439 e. The van der Waals surface area contributed by atoms with Crippen LogP contribution in [0.1, 0.15) is 24.0 Å². The van der Waals surface area contributed by atoms with Gasteiger partial charge in [0.2, 0.25) is 21.8 Å². The molecule has 0 bridgehead atoms. The van der Waals surface area contributed by atoms with Gasteiger partial charge in [-0.05, 0) is 61.1 Å². The van der Waals surface area contributed by atoms with Crippen LogP contribution >= 0.6 is 0 Å². The van der Waals surface area contributed by atoms with Crippen molar-refractivity contribution in [2.24, 2.45) is 0 Å². The lowest BCUT2D eigenvalue weighted by molar-refractivity contribution is -0.122. The van der Waals surface area contributed by atoms with Gasteiger partial charge in [0.15, 0.2) is 0 Å². The second kappa shape index (κ2) is 13.5. The Morgan fingerprint density at radius 2 is 1.58 bits per heavy atom. The van der Waals surface area contributed by atoms with Crippen molar-refractivity contribution in [3.05, 3.63) is 120 Å². The molecule has 0 fully saturated rings. The third-order valence-electron chi connectivity index (χ3n) is 5.86. The van der Waals surface area contributed by atoms with Gasteiger partial charge in [-0.3, -0.25) is 4.79 Å². The molecule has 1 amide bonds. The highest BCUT2D eigenvalue weighted by molar-refractivity contribution is 7.89. The van der Waals surface area contributed by atoms with Crippen LogP contribution in [0.4, 0.5) is 0 Å². The van der Waals surface area contributed by atoms with E-state index in [9.17, 15) is 13.2 Å². The Balaban J connectivity index is 1.38. The number of sulfonamides is 1. The van der Waals surface area contributed by atoms with Crippen molar-refractivity contribution in [2.75, 3.05) is 6.54 Å². The first-order valence-corrected chi connectivity index (χ1v) is 14.0. The predicted molar refractivity (Wildman–Crippen MR) is 146 cm³/mol. The minimum Gasteiger partial charge on any atom is -0.439 e. The zero-order valence-corrected chi connectivity index (χ0v) is 21.7. The molecule has 1 atom stereocenters. The van der Waals surface area contributed by atoms with E-state index < -0.39 is 16.1 Å². The summed E-state index contributed by atoms with van der Waals surface area (Å²) in [6, 6.07) is 31.2. The van der Waals surface area contributed by atoms with Crippen molar-refractivity contribution in [1.29, 1.82) is 0 Å². The number of amides is 1. The fourth-order valence-electron chi connectivity index (χ4n) is 3.87. The van der Waals surface area contributed by atoms with Crippen LogP contribution in [-0.2, 0) is 27.7 Å². The molecular formula is C30H30N3O4S. The van der Waals surface area contributed by atoms with Crippen molar-refractivity contribution in [2.45, 2.75) is 36.6 Å². The zero-order valence-electron chi connectivity index (χ0n) is 20.9. The van der Waals surface area contributed by atoms with E-state index in [1.165, 1.54) is 23.9 Å². The molecule has 1 heterocycles. The lowest BCUT2D eigenvalue weighted by Crippen LogP contribution is -2.48. The summed E-state index contributed by atoms with van der Waals surface area (Å²) in [6.45, 7) is 0.458. The van der Waals surface area contributed by atoms with Gasteiger partial charge in [-0.2, -0.15) is 4.72 Å². The summed E-state index contributed by atoms with van der Waals surface area (Å²) in [7, 11) is -4.02. The Morgan fingerprint density at radius 3 is 2.26 bits per heavy atom. The Kier molecular flexibility index (Phi) is 9.61. The number of rotatable bonds is 13. The monoisotopic (exact) mass is 528 g/mol. The highest BCUT2D eigenvalue weighted by Crippen LogP contribution is 2.20. The van der Waals surface area contributed by atoms with Crippen LogP contribution in [0.5, 0.6) is 11.6 Å². The summed E-state index contributed by atoms with van der Waals surface area (Å²) in [6.07, 6.45) is 4.04. The van der Waals surface area contributed by atoms with E-state index in [1.807, 2.05) is 48.5 Å². The Morgan fingerprint density at radius 1 is 0.868 bits per heavy atom. The van der Waals surface area contributed by atoms with Crippen LogP contribution in [0.2, 0.25) is 0 Å². The molecule has 195 valence electrons. The average molecular weight is 529 g/mol. The molecule has 0 unspecified atom stereocenters. The van der Waals surface area contributed by atoms with E-state index in [-0.39, 0.29) is 23.1 Å². The van der Waals surface area contributed by atoms with Crippen LogP contribution in [0.3, 0.4) is 0 Å². The molecule has 0 saturated heterocycles. The van der Waals surface area contributed by atoms with Crippen LogP contribution in [0, 0.1) is 6.07 Å². The van der Waals surface area contributed by atoms with Gasteiger partial charge in [-0.15, -0.1) is 0 Å². The van der Waals surface area contributed by atoms with Crippen molar-refractivity contribution in [3.8, 4) is 11.6 Å². The molecule has 0 aliphatic carbocycles. The minimum absolute atomic E-state index is 0.0556. The molecule has 4 rings (SSSR count). The maximum atomic E-state index is 13.2. The van der Waals surface area contributed by atoms with Gasteiger partial charge in [0, 0.05) is 12.6 Å². The van der Waals surface area contributed by atoms with E-state index in [0.717, 1.165) is 24.8 Å². The first-order chi connectivity index (χ1) is 18.5. The number of aryl methyl sites for hydroxylation is 1. The minimum atomic E-state index is -4.02. The zero-order chi connectivity index (χ0) is 26.6. The third-order valence-corrected chi connectivity index (χ3v) is 7.32. The van der Waals surface area contributed by atoms with Crippen molar-refractivity contribution in [3.63, 3.8) is 0 Å². The van der Waals surface area contributed by atoms with E-state index in [4.69, 9.17) is 4.74 Å². The quantitative estimate of drug-likeness (QED) is 0.245. The topological polar surface area (TPSA) is 97.4 Å². The average Bonchev–Trinajstić information content (AvgIpc) is 2.94. The maximum Gasteiger partial charge on any atom is 0.242 e. The van der Waals surface area contributed by atoms with E-state index in [2.05, 4.69) is 33.2 Å². The number of nitrogens with one attached hydrogen (secondary N) is 2. The summed E-state index contributed by atoms with van der Waals surface area (Å²) in [5.74, 6) is 0.480.